The minimum atomic E-state index is -4.37. The molecule has 4 aromatic rings. The van der Waals surface area contributed by atoms with Crippen LogP contribution in [0.5, 0.6) is 0 Å². The van der Waals surface area contributed by atoms with Crippen molar-refractivity contribution in [3.8, 4) is 22.8 Å². The fourth-order valence-electron chi connectivity index (χ4n) is 3.32. The maximum absolute atomic E-state index is 14.8. The minimum Gasteiger partial charge on any atom is -0.480 e. The van der Waals surface area contributed by atoms with Crippen LogP contribution in [-0.4, -0.2) is 35.7 Å². The molecule has 0 bridgehead atoms. The second-order valence-electron chi connectivity index (χ2n) is 7.87. The Hall–Kier alpha value is -4.03. The number of sulfonamides is 1. The average Bonchev–Trinajstić information content (AvgIpc) is 3.30. The molecular weight excluding hydrogens is 499 g/mol. The van der Waals surface area contributed by atoms with Gasteiger partial charge in [0.1, 0.15) is 23.5 Å². The second kappa shape index (κ2) is 9.91. The van der Waals surface area contributed by atoms with Crippen molar-refractivity contribution in [2.75, 3.05) is 0 Å². The normalized spacial score (nSPS) is 12.4. The highest BCUT2D eigenvalue weighted by Crippen LogP contribution is 2.25. The van der Waals surface area contributed by atoms with E-state index in [1.165, 1.54) is 49.4 Å². The summed E-state index contributed by atoms with van der Waals surface area (Å²) in [4.78, 5) is 15.4. The van der Waals surface area contributed by atoms with E-state index in [0.717, 1.165) is 18.2 Å². The average molecular weight is 517 g/mol. The molecular formula is C24H18F3N3O5S. The molecule has 36 heavy (non-hydrogen) atoms. The molecule has 1 heterocycles. The van der Waals surface area contributed by atoms with Crippen LogP contribution < -0.4 is 4.72 Å². The Balaban J connectivity index is 1.53. The number of aromatic nitrogens is 2. The van der Waals surface area contributed by atoms with Crippen LogP contribution in [-0.2, 0) is 21.2 Å². The van der Waals surface area contributed by atoms with Gasteiger partial charge in [-0.25, -0.2) is 21.6 Å². The fourth-order valence-corrected chi connectivity index (χ4v) is 4.52. The van der Waals surface area contributed by atoms with Crippen molar-refractivity contribution in [2.24, 2.45) is 0 Å². The Bertz CT molecular complexity index is 1540. The van der Waals surface area contributed by atoms with E-state index < -0.39 is 50.8 Å². The van der Waals surface area contributed by atoms with Gasteiger partial charge in [0.25, 0.3) is 5.89 Å². The van der Waals surface area contributed by atoms with Crippen LogP contribution in [0.4, 0.5) is 13.2 Å². The molecule has 1 aromatic heterocycles. The van der Waals surface area contributed by atoms with E-state index in [2.05, 4.69) is 10.1 Å². The summed E-state index contributed by atoms with van der Waals surface area (Å²) in [6.45, 7) is 1.45. The third kappa shape index (κ3) is 5.44. The van der Waals surface area contributed by atoms with Crippen molar-refractivity contribution in [1.29, 1.82) is 0 Å². The van der Waals surface area contributed by atoms with E-state index in [1.807, 2.05) is 4.72 Å². The zero-order chi connectivity index (χ0) is 26.0. The van der Waals surface area contributed by atoms with Gasteiger partial charge in [-0.3, -0.25) is 4.79 Å². The number of carbonyl (C=O) groups is 1. The molecule has 3 aromatic carbocycles. The number of hydrogen-bond donors (Lipinski definition) is 2. The highest BCUT2D eigenvalue weighted by Gasteiger charge is 2.27. The van der Waals surface area contributed by atoms with Crippen molar-refractivity contribution in [2.45, 2.75) is 24.3 Å². The number of carboxylic acids is 1. The summed E-state index contributed by atoms with van der Waals surface area (Å²) in [5.41, 5.74) is 0.782. The number of nitrogens with one attached hydrogen (secondary N) is 1. The van der Waals surface area contributed by atoms with Crippen LogP contribution in [0.25, 0.3) is 22.8 Å². The number of halogens is 3. The summed E-state index contributed by atoms with van der Waals surface area (Å²) < 4.78 is 74.0. The SMILES string of the molecule is Cc1ccc(S(=O)(=O)NC(Cc2ccc(-c3noc(-c4ccc(F)cc4)n3)c(F)c2)C(=O)O)cc1F. The fraction of sp³-hybridized carbons (Fsp3) is 0.125. The van der Waals surface area contributed by atoms with Gasteiger partial charge < -0.3 is 9.63 Å². The smallest absolute Gasteiger partial charge is 0.322 e. The first-order valence-electron chi connectivity index (χ1n) is 10.4. The molecule has 4 rings (SSSR count). The second-order valence-corrected chi connectivity index (χ2v) is 9.59. The van der Waals surface area contributed by atoms with Crippen molar-refractivity contribution < 1.29 is 36.0 Å². The van der Waals surface area contributed by atoms with Gasteiger partial charge in [-0.2, -0.15) is 9.71 Å². The van der Waals surface area contributed by atoms with Gasteiger partial charge in [-0.15, -0.1) is 0 Å². The maximum atomic E-state index is 14.8. The van der Waals surface area contributed by atoms with Gasteiger partial charge in [0.2, 0.25) is 15.8 Å². The lowest BCUT2D eigenvalue weighted by Gasteiger charge is -2.15. The third-order valence-corrected chi connectivity index (χ3v) is 6.75. The largest absolute Gasteiger partial charge is 0.480 e. The van der Waals surface area contributed by atoms with Crippen molar-refractivity contribution in [3.63, 3.8) is 0 Å². The summed E-state index contributed by atoms with van der Waals surface area (Å²) in [5, 5.41) is 13.2. The first-order valence-corrected chi connectivity index (χ1v) is 11.9. The van der Waals surface area contributed by atoms with E-state index in [1.54, 1.807) is 0 Å². The van der Waals surface area contributed by atoms with E-state index >= 15 is 0 Å². The zero-order valence-corrected chi connectivity index (χ0v) is 19.4. The first-order chi connectivity index (χ1) is 17.0. The number of carboxylic acid groups (broad SMARTS) is 1. The summed E-state index contributed by atoms with van der Waals surface area (Å²) in [6.07, 6.45) is -0.396. The lowest BCUT2D eigenvalue weighted by molar-refractivity contribution is -0.138. The quantitative estimate of drug-likeness (QED) is 0.361. The number of aryl methyl sites for hydroxylation is 1. The molecule has 0 saturated heterocycles. The van der Waals surface area contributed by atoms with Gasteiger partial charge in [-0.05, 0) is 73.0 Å². The van der Waals surface area contributed by atoms with E-state index in [-0.39, 0.29) is 28.4 Å². The van der Waals surface area contributed by atoms with Gasteiger partial charge in [0.05, 0.1) is 10.5 Å². The Morgan fingerprint density at radius 1 is 1.03 bits per heavy atom. The number of hydrogen-bond acceptors (Lipinski definition) is 6. The summed E-state index contributed by atoms with van der Waals surface area (Å²) >= 11 is 0. The molecule has 1 unspecified atom stereocenters. The molecule has 0 aliphatic rings. The standard InChI is InChI=1S/C24H18F3N3O5S/c1-13-2-8-17(12-19(13)26)36(33,34)30-21(24(31)32)11-14-3-9-18(20(27)10-14)22-28-23(35-29-22)15-4-6-16(25)7-5-15/h2-10,12,21,30H,11H2,1H3,(H,31,32). The van der Waals surface area contributed by atoms with Crippen LogP contribution in [0, 0.1) is 24.4 Å². The number of rotatable bonds is 8. The summed E-state index contributed by atoms with van der Waals surface area (Å²) in [5.74, 6) is -3.56. The maximum Gasteiger partial charge on any atom is 0.322 e. The van der Waals surface area contributed by atoms with Crippen molar-refractivity contribution in [3.05, 3.63) is 89.2 Å². The van der Waals surface area contributed by atoms with Crippen LogP contribution in [0.3, 0.4) is 0 Å². The minimum absolute atomic E-state index is 0.0429. The molecule has 0 aliphatic carbocycles. The Morgan fingerprint density at radius 2 is 1.75 bits per heavy atom. The highest BCUT2D eigenvalue weighted by molar-refractivity contribution is 7.89. The summed E-state index contributed by atoms with van der Waals surface area (Å²) in [7, 11) is -4.37. The van der Waals surface area contributed by atoms with E-state index in [0.29, 0.717) is 5.56 Å². The lowest BCUT2D eigenvalue weighted by atomic mass is 10.0. The molecule has 186 valence electrons. The van der Waals surface area contributed by atoms with Crippen LogP contribution >= 0.6 is 0 Å². The molecule has 0 radical (unpaired) electrons. The molecule has 12 heteroatoms. The highest BCUT2D eigenvalue weighted by atomic mass is 32.2. The van der Waals surface area contributed by atoms with Gasteiger partial charge in [-0.1, -0.05) is 17.3 Å². The first kappa shape index (κ1) is 25.1. The molecule has 8 nitrogen and oxygen atoms in total. The topological polar surface area (TPSA) is 122 Å². The van der Waals surface area contributed by atoms with Crippen molar-refractivity contribution >= 4 is 16.0 Å². The number of nitrogens with zero attached hydrogens (tertiary/aromatic N) is 2. The molecule has 0 amide bonds. The predicted molar refractivity (Wildman–Crippen MR) is 122 cm³/mol. The summed E-state index contributed by atoms with van der Waals surface area (Å²) in [6, 6.07) is 10.5. The van der Waals surface area contributed by atoms with E-state index in [4.69, 9.17) is 4.52 Å². The van der Waals surface area contributed by atoms with Gasteiger partial charge in [0, 0.05) is 5.56 Å². The van der Waals surface area contributed by atoms with E-state index in [9.17, 15) is 31.5 Å². The lowest BCUT2D eigenvalue weighted by Crippen LogP contribution is -2.42. The van der Waals surface area contributed by atoms with Gasteiger partial charge >= 0.3 is 5.97 Å². The Morgan fingerprint density at radius 3 is 2.39 bits per heavy atom. The predicted octanol–water partition coefficient (Wildman–Crippen LogP) is 4.10. The van der Waals surface area contributed by atoms with Gasteiger partial charge in [0.15, 0.2) is 0 Å². The molecule has 0 spiro atoms. The number of aliphatic carboxylic acids is 1. The Kier molecular flexibility index (Phi) is 6.91. The van der Waals surface area contributed by atoms with Crippen LogP contribution in [0.1, 0.15) is 11.1 Å². The monoisotopic (exact) mass is 517 g/mol. The third-order valence-electron chi connectivity index (χ3n) is 5.28. The molecule has 1 atom stereocenters. The number of benzene rings is 3. The zero-order valence-electron chi connectivity index (χ0n) is 18.6. The molecule has 2 N–H and O–H groups in total. The van der Waals surface area contributed by atoms with Crippen LogP contribution in [0.15, 0.2) is 70.1 Å². The van der Waals surface area contributed by atoms with Crippen LogP contribution in [0.2, 0.25) is 0 Å². The molecule has 0 saturated carbocycles. The molecule has 0 fully saturated rings. The molecule has 0 aliphatic heterocycles. The Labute approximate surface area is 203 Å². The van der Waals surface area contributed by atoms with Crippen molar-refractivity contribution in [1.82, 2.24) is 14.9 Å².